The quantitative estimate of drug-likeness (QED) is 0.538. The molecule has 0 saturated carbocycles. The van der Waals surface area contributed by atoms with Crippen LogP contribution in [-0.2, 0) is 4.79 Å². The second kappa shape index (κ2) is 8.73. The van der Waals surface area contributed by atoms with Crippen LogP contribution in [0.2, 0.25) is 10.0 Å². The second-order valence-corrected chi connectivity index (χ2v) is 6.04. The zero-order valence-electron chi connectivity index (χ0n) is 14.0. The van der Waals surface area contributed by atoms with Crippen molar-refractivity contribution >= 4 is 40.5 Å². The average molecular weight is 399 g/mol. The molecule has 1 N–H and O–H groups in total. The molecule has 138 valence electrons. The molecule has 1 amide bonds. The van der Waals surface area contributed by atoms with Gasteiger partial charge in [-0.1, -0.05) is 23.2 Å². The monoisotopic (exact) mass is 398 g/mol. The Morgan fingerprint density at radius 1 is 1.27 bits per heavy atom. The van der Waals surface area contributed by atoms with Gasteiger partial charge in [0.1, 0.15) is 17.2 Å². The van der Waals surface area contributed by atoms with Crippen molar-refractivity contribution in [2.24, 2.45) is 0 Å². The number of hydrogen-bond donors (Lipinski definition) is 1. The first kappa shape index (κ1) is 19.8. The summed E-state index contributed by atoms with van der Waals surface area (Å²) in [7, 11) is 0. The fourth-order valence-corrected chi connectivity index (χ4v) is 2.53. The van der Waals surface area contributed by atoms with Crippen LogP contribution in [0, 0.1) is 10.1 Å². The molecule has 26 heavy (non-hydrogen) atoms. The van der Waals surface area contributed by atoms with Gasteiger partial charge < -0.3 is 14.8 Å². The molecule has 0 fully saturated rings. The van der Waals surface area contributed by atoms with Gasteiger partial charge in [0.15, 0.2) is 6.10 Å². The minimum Gasteiger partial charge on any atom is -0.494 e. The van der Waals surface area contributed by atoms with E-state index in [1.807, 2.05) is 0 Å². The molecular formula is C17H16Cl2N2O5. The second-order valence-electron chi connectivity index (χ2n) is 5.19. The maximum Gasteiger partial charge on any atom is 0.296 e. The lowest BCUT2D eigenvalue weighted by molar-refractivity contribution is -0.384. The Balaban J connectivity index is 2.14. The predicted molar refractivity (Wildman–Crippen MR) is 99.4 cm³/mol. The zero-order valence-corrected chi connectivity index (χ0v) is 15.5. The highest BCUT2D eigenvalue weighted by atomic mass is 35.5. The summed E-state index contributed by atoms with van der Waals surface area (Å²) < 4.78 is 10.7. The Hall–Kier alpha value is -2.51. The van der Waals surface area contributed by atoms with E-state index in [0.29, 0.717) is 17.4 Å². The number of ether oxygens (including phenoxy) is 2. The first-order valence-electron chi connectivity index (χ1n) is 7.65. The molecule has 0 bridgehead atoms. The van der Waals surface area contributed by atoms with E-state index in [1.54, 1.807) is 13.0 Å². The Kier molecular flexibility index (Phi) is 6.65. The largest absolute Gasteiger partial charge is 0.494 e. The van der Waals surface area contributed by atoms with Gasteiger partial charge in [-0.3, -0.25) is 14.9 Å². The number of carbonyl (C=O) groups excluding carboxylic acids is 1. The summed E-state index contributed by atoms with van der Waals surface area (Å²) in [6.07, 6.45) is -0.945. The fraction of sp³-hybridized carbons (Fsp3) is 0.235. The number of benzene rings is 2. The number of carbonyl (C=O) groups is 1. The first-order valence-corrected chi connectivity index (χ1v) is 8.41. The van der Waals surface area contributed by atoms with Crippen molar-refractivity contribution in [1.29, 1.82) is 0 Å². The fourth-order valence-electron chi connectivity index (χ4n) is 2.07. The topological polar surface area (TPSA) is 90.7 Å². The van der Waals surface area contributed by atoms with Crippen molar-refractivity contribution < 1.29 is 19.2 Å². The van der Waals surface area contributed by atoms with Crippen LogP contribution in [-0.4, -0.2) is 23.5 Å². The van der Waals surface area contributed by atoms with Crippen LogP contribution in [0.5, 0.6) is 11.5 Å². The Bertz CT molecular complexity index is 829. The number of anilines is 1. The van der Waals surface area contributed by atoms with Crippen LogP contribution in [0.25, 0.3) is 0 Å². The smallest absolute Gasteiger partial charge is 0.296 e. The molecule has 0 aliphatic heterocycles. The van der Waals surface area contributed by atoms with E-state index >= 15 is 0 Å². The van der Waals surface area contributed by atoms with E-state index in [2.05, 4.69) is 5.32 Å². The minimum absolute atomic E-state index is 0.0427. The van der Waals surface area contributed by atoms with E-state index in [1.165, 1.54) is 37.3 Å². The highest BCUT2D eigenvalue weighted by Gasteiger charge is 2.22. The number of nitrogens with one attached hydrogen (secondary N) is 1. The van der Waals surface area contributed by atoms with Crippen LogP contribution in [0.4, 0.5) is 11.4 Å². The lowest BCUT2D eigenvalue weighted by Gasteiger charge is -2.16. The van der Waals surface area contributed by atoms with Gasteiger partial charge in [0.2, 0.25) is 0 Å². The minimum atomic E-state index is -0.945. The van der Waals surface area contributed by atoms with Gasteiger partial charge in [0, 0.05) is 5.02 Å². The standard InChI is InChI=1S/C17H16Cl2N2O5/c1-3-25-12-5-6-14(15(9-12)21(23)24)20-17(22)10(2)26-16-7-4-11(18)8-13(16)19/h4-10H,3H2,1-2H3,(H,20,22)/t10-/m1/s1. The molecule has 0 spiro atoms. The van der Waals surface area contributed by atoms with Crippen LogP contribution in [0.1, 0.15) is 13.8 Å². The molecule has 0 heterocycles. The molecule has 0 saturated heterocycles. The third kappa shape index (κ3) is 5.00. The van der Waals surface area contributed by atoms with E-state index in [0.717, 1.165) is 0 Å². The normalized spacial score (nSPS) is 11.5. The highest BCUT2D eigenvalue weighted by Crippen LogP contribution is 2.30. The molecule has 9 heteroatoms. The molecule has 2 rings (SSSR count). The van der Waals surface area contributed by atoms with Crippen LogP contribution < -0.4 is 14.8 Å². The van der Waals surface area contributed by atoms with E-state index in [9.17, 15) is 14.9 Å². The van der Waals surface area contributed by atoms with Gasteiger partial charge >= 0.3 is 0 Å². The number of nitro groups is 1. The van der Waals surface area contributed by atoms with E-state index < -0.39 is 16.9 Å². The number of nitrogens with zero attached hydrogens (tertiary/aromatic N) is 1. The average Bonchev–Trinajstić information content (AvgIpc) is 2.58. The van der Waals surface area contributed by atoms with Gasteiger partial charge in [-0.05, 0) is 44.2 Å². The predicted octanol–water partition coefficient (Wildman–Crippen LogP) is 4.71. The number of hydrogen-bond acceptors (Lipinski definition) is 5. The van der Waals surface area contributed by atoms with Crippen LogP contribution >= 0.6 is 23.2 Å². The van der Waals surface area contributed by atoms with Crippen molar-refractivity contribution in [1.82, 2.24) is 0 Å². The molecular weight excluding hydrogens is 383 g/mol. The third-order valence-electron chi connectivity index (χ3n) is 3.30. The van der Waals surface area contributed by atoms with Crippen molar-refractivity contribution in [2.75, 3.05) is 11.9 Å². The number of amides is 1. The Morgan fingerprint density at radius 2 is 2.00 bits per heavy atom. The van der Waals surface area contributed by atoms with Gasteiger partial charge in [-0.25, -0.2) is 0 Å². The Labute approximate surface area is 160 Å². The maximum atomic E-state index is 12.3. The number of halogens is 2. The van der Waals surface area contributed by atoms with E-state index in [4.69, 9.17) is 32.7 Å². The van der Waals surface area contributed by atoms with Crippen molar-refractivity contribution in [3.05, 3.63) is 56.6 Å². The first-order chi connectivity index (χ1) is 12.3. The molecule has 2 aromatic carbocycles. The van der Waals surface area contributed by atoms with Crippen molar-refractivity contribution in [3.63, 3.8) is 0 Å². The van der Waals surface area contributed by atoms with Gasteiger partial charge in [-0.2, -0.15) is 0 Å². The van der Waals surface area contributed by atoms with Crippen molar-refractivity contribution in [2.45, 2.75) is 20.0 Å². The van der Waals surface area contributed by atoms with Crippen LogP contribution in [0.3, 0.4) is 0 Å². The summed E-state index contributed by atoms with van der Waals surface area (Å²) >= 11 is 11.8. The summed E-state index contributed by atoms with van der Waals surface area (Å²) in [5.41, 5.74) is -0.234. The number of nitro benzene ring substituents is 1. The summed E-state index contributed by atoms with van der Waals surface area (Å²) in [5, 5.41) is 14.4. The number of rotatable bonds is 7. The summed E-state index contributed by atoms with van der Waals surface area (Å²) in [5.74, 6) is 0.0534. The molecule has 7 nitrogen and oxygen atoms in total. The van der Waals surface area contributed by atoms with Crippen LogP contribution in [0.15, 0.2) is 36.4 Å². The van der Waals surface area contributed by atoms with E-state index in [-0.39, 0.29) is 22.1 Å². The zero-order chi connectivity index (χ0) is 19.3. The highest BCUT2D eigenvalue weighted by molar-refractivity contribution is 6.35. The third-order valence-corrected chi connectivity index (χ3v) is 3.83. The summed E-state index contributed by atoms with van der Waals surface area (Å²) in [6, 6.07) is 8.79. The molecule has 0 unspecified atom stereocenters. The van der Waals surface area contributed by atoms with Gasteiger partial charge in [0.05, 0.1) is 22.6 Å². The van der Waals surface area contributed by atoms with Crippen molar-refractivity contribution in [3.8, 4) is 11.5 Å². The maximum absolute atomic E-state index is 12.3. The molecule has 1 atom stereocenters. The molecule has 0 aliphatic carbocycles. The lowest BCUT2D eigenvalue weighted by atomic mass is 10.2. The molecule has 2 aromatic rings. The molecule has 0 aliphatic rings. The summed E-state index contributed by atoms with van der Waals surface area (Å²) in [4.78, 5) is 23.0. The molecule has 0 aromatic heterocycles. The molecule has 0 radical (unpaired) electrons. The Morgan fingerprint density at radius 3 is 2.62 bits per heavy atom. The lowest BCUT2D eigenvalue weighted by Crippen LogP contribution is -2.30. The summed E-state index contributed by atoms with van der Waals surface area (Å²) in [6.45, 7) is 3.64. The SMILES string of the molecule is CCOc1ccc(NC(=O)[C@@H](C)Oc2ccc(Cl)cc2Cl)c([N+](=O)[O-])c1. The van der Waals surface area contributed by atoms with Gasteiger partial charge in [-0.15, -0.1) is 0 Å². The van der Waals surface area contributed by atoms with Gasteiger partial charge in [0.25, 0.3) is 11.6 Å².